The Bertz CT molecular complexity index is 888. The molecule has 7 heteroatoms. The fourth-order valence-electron chi connectivity index (χ4n) is 3.04. The van der Waals surface area contributed by atoms with E-state index >= 15 is 0 Å². The maximum atomic E-state index is 12.4. The summed E-state index contributed by atoms with van der Waals surface area (Å²) in [6.07, 6.45) is 7.40. The standard InChI is InChI=1S/C17H16N4O2S/c22-16(11-3-1-2-4-11)19-12-9-24-14-13(12)20-15(21-17(14)23)10-5-7-18-8-6-10/h5-9,11H,1-4H2,(H,19,22)(H,20,21,23). The van der Waals surface area contributed by atoms with Crippen LogP contribution in [0.25, 0.3) is 21.6 Å². The van der Waals surface area contributed by atoms with Crippen LogP contribution in [0.15, 0.2) is 29.9 Å². The fourth-order valence-corrected chi connectivity index (χ4v) is 3.87. The van der Waals surface area contributed by atoms with Crippen LogP contribution in [-0.2, 0) is 4.79 Å². The summed E-state index contributed by atoms with van der Waals surface area (Å²) >= 11 is 1.33. The van der Waals surface area contributed by atoms with Crippen molar-refractivity contribution in [1.29, 1.82) is 0 Å². The summed E-state index contributed by atoms with van der Waals surface area (Å²) in [6.45, 7) is 0. The van der Waals surface area contributed by atoms with Crippen molar-refractivity contribution in [2.24, 2.45) is 5.92 Å². The van der Waals surface area contributed by atoms with Crippen LogP contribution in [0.4, 0.5) is 5.69 Å². The van der Waals surface area contributed by atoms with Gasteiger partial charge in [0.05, 0.1) is 5.69 Å². The zero-order valence-electron chi connectivity index (χ0n) is 12.9. The number of hydrogen-bond acceptors (Lipinski definition) is 6. The van der Waals surface area contributed by atoms with Crippen LogP contribution < -0.4 is 5.32 Å². The zero-order chi connectivity index (χ0) is 16.5. The van der Waals surface area contributed by atoms with Crippen molar-refractivity contribution in [1.82, 2.24) is 15.0 Å². The summed E-state index contributed by atoms with van der Waals surface area (Å²) in [7, 11) is 0. The largest absolute Gasteiger partial charge is 0.492 e. The minimum Gasteiger partial charge on any atom is -0.492 e. The molecule has 0 saturated heterocycles. The number of anilines is 1. The lowest BCUT2D eigenvalue weighted by molar-refractivity contribution is -0.119. The molecule has 2 N–H and O–H groups in total. The number of fused-ring (bicyclic) bond motifs is 1. The number of amides is 1. The Hall–Kier alpha value is -2.54. The minimum atomic E-state index is -0.0711. The van der Waals surface area contributed by atoms with Gasteiger partial charge in [-0.15, -0.1) is 11.3 Å². The number of aromatic nitrogens is 3. The van der Waals surface area contributed by atoms with Gasteiger partial charge in [-0.25, -0.2) is 4.98 Å². The van der Waals surface area contributed by atoms with Gasteiger partial charge in [0.25, 0.3) is 0 Å². The summed E-state index contributed by atoms with van der Waals surface area (Å²) in [6, 6.07) is 3.56. The van der Waals surface area contributed by atoms with Crippen LogP contribution in [0.5, 0.6) is 5.88 Å². The quantitative estimate of drug-likeness (QED) is 0.761. The predicted molar refractivity (Wildman–Crippen MR) is 92.9 cm³/mol. The molecule has 0 aromatic carbocycles. The van der Waals surface area contributed by atoms with Gasteiger partial charge in [-0.05, 0) is 25.0 Å². The van der Waals surface area contributed by atoms with Crippen molar-refractivity contribution in [2.45, 2.75) is 25.7 Å². The van der Waals surface area contributed by atoms with E-state index < -0.39 is 0 Å². The molecule has 0 bridgehead atoms. The number of rotatable bonds is 3. The van der Waals surface area contributed by atoms with E-state index in [-0.39, 0.29) is 17.7 Å². The van der Waals surface area contributed by atoms with Crippen LogP contribution in [0.1, 0.15) is 25.7 Å². The monoisotopic (exact) mass is 340 g/mol. The number of pyridine rings is 1. The molecule has 1 saturated carbocycles. The molecule has 1 aliphatic rings. The molecule has 1 fully saturated rings. The van der Waals surface area contributed by atoms with Crippen molar-refractivity contribution in [2.75, 3.05) is 5.32 Å². The second-order valence-corrected chi connectivity index (χ2v) is 6.78. The summed E-state index contributed by atoms with van der Waals surface area (Å²) in [5, 5.41) is 15.0. The highest BCUT2D eigenvalue weighted by Gasteiger charge is 2.24. The first-order valence-corrected chi connectivity index (χ1v) is 8.80. The highest BCUT2D eigenvalue weighted by molar-refractivity contribution is 7.18. The highest BCUT2D eigenvalue weighted by atomic mass is 32.1. The average molecular weight is 340 g/mol. The third-order valence-corrected chi connectivity index (χ3v) is 5.28. The van der Waals surface area contributed by atoms with Gasteiger partial charge in [0.15, 0.2) is 5.82 Å². The van der Waals surface area contributed by atoms with Crippen LogP contribution >= 0.6 is 11.3 Å². The Morgan fingerprint density at radius 2 is 1.96 bits per heavy atom. The Balaban J connectivity index is 1.71. The smallest absolute Gasteiger partial charge is 0.233 e. The van der Waals surface area contributed by atoms with Crippen LogP contribution in [0, 0.1) is 5.92 Å². The summed E-state index contributed by atoms with van der Waals surface area (Å²) in [4.78, 5) is 25.0. The molecule has 0 atom stereocenters. The van der Waals surface area contributed by atoms with Crippen molar-refractivity contribution in [3.8, 4) is 17.3 Å². The van der Waals surface area contributed by atoms with E-state index in [1.165, 1.54) is 11.3 Å². The first-order chi connectivity index (χ1) is 11.7. The molecule has 3 aromatic rings. The van der Waals surface area contributed by atoms with Gasteiger partial charge < -0.3 is 10.4 Å². The summed E-state index contributed by atoms with van der Waals surface area (Å²) in [5.41, 5.74) is 1.98. The van der Waals surface area contributed by atoms with E-state index in [2.05, 4.69) is 20.3 Å². The maximum Gasteiger partial charge on any atom is 0.233 e. The number of carbonyl (C=O) groups excluding carboxylic acids is 1. The minimum absolute atomic E-state index is 0.0377. The van der Waals surface area contributed by atoms with Gasteiger partial charge in [0, 0.05) is 29.3 Å². The molecule has 6 nitrogen and oxygen atoms in total. The van der Waals surface area contributed by atoms with Gasteiger partial charge in [-0.1, -0.05) is 12.8 Å². The number of nitrogens with one attached hydrogen (secondary N) is 1. The molecule has 122 valence electrons. The van der Waals surface area contributed by atoms with Crippen molar-refractivity contribution in [3.05, 3.63) is 29.9 Å². The first kappa shape index (κ1) is 15.0. The van der Waals surface area contributed by atoms with Crippen LogP contribution in [0.3, 0.4) is 0 Å². The lowest BCUT2D eigenvalue weighted by Crippen LogP contribution is -2.20. The van der Waals surface area contributed by atoms with E-state index in [1.807, 2.05) is 5.38 Å². The lowest BCUT2D eigenvalue weighted by Gasteiger charge is -2.09. The number of hydrogen-bond donors (Lipinski definition) is 2. The third kappa shape index (κ3) is 2.71. The van der Waals surface area contributed by atoms with E-state index in [4.69, 9.17) is 0 Å². The second kappa shape index (κ2) is 6.16. The van der Waals surface area contributed by atoms with Crippen molar-refractivity contribution < 1.29 is 9.90 Å². The van der Waals surface area contributed by atoms with Crippen molar-refractivity contribution >= 4 is 33.1 Å². The molecule has 1 aliphatic carbocycles. The molecule has 0 unspecified atom stereocenters. The SMILES string of the molecule is O=C(Nc1csc2c(O)nc(-c3ccncc3)nc12)C1CCCC1. The summed E-state index contributed by atoms with van der Waals surface area (Å²) in [5.74, 6) is 0.459. The Morgan fingerprint density at radius 3 is 2.71 bits per heavy atom. The molecule has 0 aliphatic heterocycles. The number of aromatic hydroxyl groups is 1. The summed E-state index contributed by atoms with van der Waals surface area (Å²) < 4.78 is 0.578. The zero-order valence-corrected chi connectivity index (χ0v) is 13.7. The molecule has 4 rings (SSSR count). The second-order valence-electron chi connectivity index (χ2n) is 5.90. The number of nitrogens with zero attached hydrogens (tertiary/aromatic N) is 3. The van der Waals surface area contributed by atoms with E-state index in [9.17, 15) is 9.90 Å². The molecule has 3 heterocycles. The van der Waals surface area contributed by atoms with Gasteiger partial charge >= 0.3 is 0 Å². The predicted octanol–water partition coefficient (Wildman–Crippen LogP) is 3.59. The van der Waals surface area contributed by atoms with E-state index in [1.54, 1.807) is 24.5 Å². The van der Waals surface area contributed by atoms with Gasteiger partial charge in [0.1, 0.15) is 10.2 Å². The van der Waals surface area contributed by atoms with Gasteiger partial charge in [-0.2, -0.15) is 4.98 Å². The molecule has 0 spiro atoms. The molecular formula is C17H16N4O2S. The van der Waals surface area contributed by atoms with E-state index in [0.29, 0.717) is 21.7 Å². The third-order valence-electron chi connectivity index (χ3n) is 4.32. The Kier molecular flexibility index (Phi) is 3.86. The Labute approximate surface area is 142 Å². The topological polar surface area (TPSA) is 88.0 Å². The molecule has 0 radical (unpaired) electrons. The molecule has 3 aromatic heterocycles. The number of thiophene rings is 1. The molecular weight excluding hydrogens is 324 g/mol. The molecule has 1 amide bonds. The number of carbonyl (C=O) groups is 1. The van der Waals surface area contributed by atoms with Gasteiger partial charge in [-0.3, -0.25) is 9.78 Å². The van der Waals surface area contributed by atoms with Crippen molar-refractivity contribution in [3.63, 3.8) is 0 Å². The van der Waals surface area contributed by atoms with Crippen LogP contribution in [0.2, 0.25) is 0 Å². The highest BCUT2D eigenvalue weighted by Crippen LogP contribution is 2.36. The normalized spacial score (nSPS) is 15.0. The maximum absolute atomic E-state index is 12.4. The van der Waals surface area contributed by atoms with E-state index in [0.717, 1.165) is 31.2 Å². The van der Waals surface area contributed by atoms with Gasteiger partial charge in [0.2, 0.25) is 11.8 Å². The molecule has 24 heavy (non-hydrogen) atoms. The first-order valence-electron chi connectivity index (χ1n) is 7.92. The lowest BCUT2D eigenvalue weighted by atomic mass is 10.1. The fraction of sp³-hybridized carbons (Fsp3) is 0.294. The average Bonchev–Trinajstić information content (AvgIpc) is 3.26. The Morgan fingerprint density at radius 1 is 1.21 bits per heavy atom. The van der Waals surface area contributed by atoms with Crippen LogP contribution in [-0.4, -0.2) is 26.0 Å².